The van der Waals surface area contributed by atoms with Gasteiger partial charge in [-0.25, -0.2) is 5.10 Å². The predicted molar refractivity (Wildman–Crippen MR) is 132 cm³/mol. The van der Waals surface area contributed by atoms with Crippen LogP contribution in [0.15, 0.2) is 39.6 Å². The minimum Gasteiger partial charge on any atom is -0.454 e. The third kappa shape index (κ3) is 4.01. The molecule has 10 nitrogen and oxygen atoms in total. The molecule has 0 unspecified atom stereocenters. The number of amides is 2. The van der Waals surface area contributed by atoms with Crippen molar-refractivity contribution in [1.82, 2.24) is 25.3 Å². The maximum absolute atomic E-state index is 12.6. The molecule has 1 aliphatic rings. The van der Waals surface area contributed by atoms with E-state index in [1.165, 1.54) is 6.08 Å². The molecule has 0 saturated heterocycles. The van der Waals surface area contributed by atoms with Gasteiger partial charge < -0.3 is 10.2 Å². The number of nitrogens with zero attached hydrogens (tertiary/aromatic N) is 3. The van der Waals surface area contributed by atoms with Gasteiger partial charge >= 0.3 is 0 Å². The van der Waals surface area contributed by atoms with Crippen molar-refractivity contribution in [2.75, 3.05) is 5.73 Å². The number of furan rings is 1. The van der Waals surface area contributed by atoms with Crippen LogP contribution in [-0.2, 0) is 9.59 Å². The summed E-state index contributed by atoms with van der Waals surface area (Å²) < 4.78 is 8.17. The highest BCUT2D eigenvalue weighted by Gasteiger charge is 2.30. The van der Waals surface area contributed by atoms with Gasteiger partial charge in [0, 0.05) is 10.9 Å². The van der Waals surface area contributed by atoms with Crippen molar-refractivity contribution in [3.05, 3.63) is 51.8 Å². The number of imide groups is 1. The number of fused-ring (bicyclic) bond motifs is 2. The van der Waals surface area contributed by atoms with E-state index >= 15 is 0 Å². The van der Waals surface area contributed by atoms with Crippen LogP contribution in [0, 0.1) is 19.8 Å². The number of nitrogen functional groups attached to an aromatic ring is 1. The summed E-state index contributed by atoms with van der Waals surface area (Å²) in [5.41, 5.74) is 9.55. The Balaban J connectivity index is 1.57. The number of aromatic nitrogens is 4. The van der Waals surface area contributed by atoms with Gasteiger partial charge in [-0.3, -0.25) is 24.4 Å². The maximum Gasteiger partial charge on any atom is 0.292 e. The smallest absolute Gasteiger partial charge is 0.292 e. The van der Waals surface area contributed by atoms with E-state index < -0.39 is 11.5 Å². The number of hydrogen-bond donors (Lipinski definition) is 3. The Morgan fingerprint density at radius 1 is 1.26 bits per heavy atom. The monoisotopic (exact) mass is 474 g/mol. The number of benzene rings is 1. The number of H-pyrrole nitrogens is 1. The molecule has 5 rings (SSSR count). The first-order chi connectivity index (χ1) is 16.9. The zero-order chi connectivity index (χ0) is 24.7. The summed E-state index contributed by atoms with van der Waals surface area (Å²) in [5, 5.41) is 14.7. The SMILES string of the molecule is Cc1ccc2oc(-c3c4c(N)n[nH]c(=O)c4nn3C3CCC(C=CC(=O)NC=O)CC3)c(C)c2c1. The van der Waals surface area contributed by atoms with E-state index in [2.05, 4.69) is 21.6 Å². The van der Waals surface area contributed by atoms with Crippen molar-refractivity contribution in [3.8, 4) is 11.5 Å². The van der Waals surface area contributed by atoms with Gasteiger partial charge in [0.25, 0.3) is 5.56 Å². The van der Waals surface area contributed by atoms with Crippen LogP contribution in [0.2, 0.25) is 0 Å². The lowest BCUT2D eigenvalue weighted by Crippen LogP contribution is -2.21. The molecule has 1 fully saturated rings. The molecule has 10 heteroatoms. The molecule has 180 valence electrons. The quantitative estimate of drug-likeness (QED) is 0.297. The second-order valence-electron chi connectivity index (χ2n) is 9.06. The fraction of sp³-hybridized carbons (Fsp3) is 0.320. The maximum atomic E-state index is 12.6. The normalized spacial score (nSPS) is 18.5. The Bertz CT molecular complexity index is 1540. The van der Waals surface area contributed by atoms with Gasteiger partial charge in [0.05, 0.1) is 11.4 Å². The lowest BCUT2D eigenvalue weighted by molar-refractivity contribution is -0.121. The van der Waals surface area contributed by atoms with Crippen LogP contribution in [0.3, 0.4) is 0 Å². The Hall–Kier alpha value is -4.21. The van der Waals surface area contributed by atoms with Crippen molar-refractivity contribution in [1.29, 1.82) is 0 Å². The molecule has 0 aliphatic heterocycles. The summed E-state index contributed by atoms with van der Waals surface area (Å²) in [7, 11) is 0. The first kappa shape index (κ1) is 22.6. The molecule has 4 aromatic rings. The largest absolute Gasteiger partial charge is 0.454 e. The molecule has 0 radical (unpaired) electrons. The second kappa shape index (κ2) is 8.86. The van der Waals surface area contributed by atoms with Crippen LogP contribution in [0.5, 0.6) is 0 Å². The van der Waals surface area contributed by atoms with E-state index in [4.69, 9.17) is 15.2 Å². The molecule has 3 heterocycles. The molecule has 0 atom stereocenters. The van der Waals surface area contributed by atoms with Crippen LogP contribution >= 0.6 is 0 Å². The summed E-state index contributed by atoms with van der Waals surface area (Å²) in [5.74, 6) is 0.595. The lowest BCUT2D eigenvalue weighted by atomic mass is 9.85. The van der Waals surface area contributed by atoms with Gasteiger partial charge in [0.15, 0.2) is 17.1 Å². The number of aryl methyl sites for hydroxylation is 2. The highest BCUT2D eigenvalue weighted by molar-refractivity contribution is 6.01. The van der Waals surface area contributed by atoms with Crippen molar-refractivity contribution in [2.24, 2.45) is 5.92 Å². The summed E-state index contributed by atoms with van der Waals surface area (Å²) in [6, 6.07) is 6.03. The summed E-state index contributed by atoms with van der Waals surface area (Å²) in [6.45, 7) is 4.02. The minimum absolute atomic E-state index is 0.0130. The number of carbonyl (C=O) groups is 2. The minimum atomic E-state index is -0.430. The molecule has 0 bridgehead atoms. The Morgan fingerprint density at radius 3 is 2.77 bits per heavy atom. The van der Waals surface area contributed by atoms with Crippen LogP contribution in [0.4, 0.5) is 5.82 Å². The van der Waals surface area contributed by atoms with Crippen molar-refractivity contribution < 1.29 is 14.0 Å². The first-order valence-corrected chi connectivity index (χ1v) is 11.6. The Labute approximate surface area is 200 Å². The molecule has 4 N–H and O–H groups in total. The highest BCUT2D eigenvalue weighted by Crippen LogP contribution is 2.42. The van der Waals surface area contributed by atoms with Crippen molar-refractivity contribution in [3.63, 3.8) is 0 Å². The number of hydrogen-bond acceptors (Lipinski definition) is 7. The predicted octanol–water partition coefficient (Wildman–Crippen LogP) is 3.29. The lowest BCUT2D eigenvalue weighted by Gasteiger charge is -2.28. The number of allylic oxidation sites excluding steroid dienone is 1. The topological polar surface area (TPSA) is 149 Å². The second-order valence-corrected chi connectivity index (χ2v) is 9.06. The zero-order valence-electron chi connectivity index (χ0n) is 19.5. The van der Waals surface area contributed by atoms with Crippen molar-refractivity contribution >= 4 is 40.0 Å². The summed E-state index contributed by atoms with van der Waals surface area (Å²) in [6.07, 6.45) is 6.84. The van der Waals surface area contributed by atoms with Gasteiger partial charge in [-0.15, -0.1) is 0 Å². The molecular weight excluding hydrogens is 448 g/mol. The number of anilines is 1. The average molecular weight is 475 g/mol. The number of carbonyl (C=O) groups excluding carboxylic acids is 2. The van der Waals surface area contributed by atoms with E-state index in [0.717, 1.165) is 47.8 Å². The highest BCUT2D eigenvalue weighted by atomic mass is 16.3. The summed E-state index contributed by atoms with van der Waals surface area (Å²) >= 11 is 0. The van der Waals surface area contributed by atoms with Crippen LogP contribution < -0.4 is 16.6 Å². The van der Waals surface area contributed by atoms with Gasteiger partial charge in [-0.2, -0.15) is 10.2 Å². The van der Waals surface area contributed by atoms with Gasteiger partial charge in [0.2, 0.25) is 12.3 Å². The van der Waals surface area contributed by atoms with Crippen LogP contribution in [0.25, 0.3) is 33.3 Å². The summed E-state index contributed by atoms with van der Waals surface area (Å²) in [4.78, 5) is 34.6. The standard InChI is InChI=1S/C25H26N6O4/c1-13-3-9-18-17(11-13)14(2)23(35-18)22-20-21(25(34)29-28-24(20)26)30-31(22)16-7-4-15(5-8-16)6-10-19(33)27-12-32/h3,6,9-12,15-16H,4-5,7-8H2,1-2H3,(H2,26,28)(H,29,34)(H,27,32,33). The van der Waals surface area contributed by atoms with Crippen LogP contribution in [0.1, 0.15) is 42.9 Å². The molecule has 1 saturated carbocycles. The average Bonchev–Trinajstić information content (AvgIpc) is 3.40. The molecule has 35 heavy (non-hydrogen) atoms. The molecular formula is C25H26N6O4. The zero-order valence-corrected chi connectivity index (χ0v) is 19.5. The van der Waals surface area contributed by atoms with Gasteiger partial charge in [-0.05, 0) is 63.7 Å². The number of rotatable bonds is 5. The van der Waals surface area contributed by atoms with E-state index in [9.17, 15) is 14.4 Å². The van der Waals surface area contributed by atoms with Crippen LogP contribution in [-0.4, -0.2) is 32.3 Å². The van der Waals surface area contributed by atoms with Gasteiger partial charge in [-0.1, -0.05) is 17.7 Å². The third-order valence-corrected chi connectivity index (χ3v) is 6.77. The van der Waals surface area contributed by atoms with Crippen molar-refractivity contribution in [2.45, 2.75) is 45.6 Å². The number of nitrogens with two attached hydrogens (primary N) is 1. The molecule has 2 amide bonds. The van der Waals surface area contributed by atoms with E-state index in [-0.39, 0.29) is 23.3 Å². The van der Waals surface area contributed by atoms with E-state index in [1.807, 2.05) is 36.7 Å². The molecule has 1 aliphatic carbocycles. The first-order valence-electron chi connectivity index (χ1n) is 11.6. The fourth-order valence-corrected chi connectivity index (χ4v) is 4.97. The molecule has 0 spiro atoms. The van der Waals surface area contributed by atoms with Gasteiger partial charge in [0.1, 0.15) is 11.3 Å². The van der Waals surface area contributed by atoms with E-state index in [0.29, 0.717) is 23.3 Å². The fourth-order valence-electron chi connectivity index (χ4n) is 4.97. The Kier molecular flexibility index (Phi) is 5.72. The third-order valence-electron chi connectivity index (χ3n) is 6.77. The van der Waals surface area contributed by atoms with E-state index in [1.54, 1.807) is 0 Å². The number of nitrogens with one attached hydrogen (secondary N) is 2. The molecule has 3 aromatic heterocycles. The molecule has 1 aromatic carbocycles. The Morgan fingerprint density at radius 2 is 2.03 bits per heavy atom. The number of aromatic amines is 1.